The van der Waals surface area contributed by atoms with E-state index >= 15 is 0 Å². The van der Waals surface area contributed by atoms with E-state index in [4.69, 9.17) is 11.6 Å². The first-order valence-corrected chi connectivity index (χ1v) is 5.39. The minimum atomic E-state index is -0.143. The van der Waals surface area contributed by atoms with Crippen LogP contribution in [0.15, 0.2) is 18.2 Å². The maximum absolute atomic E-state index is 11.6. The molecule has 0 radical (unpaired) electrons. The zero-order chi connectivity index (χ0) is 11.3. The van der Waals surface area contributed by atoms with Crippen molar-refractivity contribution >= 4 is 17.5 Å². The zero-order valence-corrected chi connectivity index (χ0v) is 9.71. The van der Waals surface area contributed by atoms with Gasteiger partial charge in [0.1, 0.15) is 5.69 Å². The van der Waals surface area contributed by atoms with Gasteiger partial charge in [-0.1, -0.05) is 6.07 Å². The molecule has 1 N–H and O–H groups in total. The molecule has 0 aromatic carbocycles. The number of pyridine rings is 1. The summed E-state index contributed by atoms with van der Waals surface area (Å²) in [5, 5.41) is 2.85. The Hall–Kier alpha value is -1.09. The summed E-state index contributed by atoms with van der Waals surface area (Å²) in [6, 6.07) is 5.38. The molecule has 1 rings (SSSR count). The average molecular weight is 227 g/mol. The summed E-state index contributed by atoms with van der Waals surface area (Å²) in [5.41, 5.74) is 1.30. The third kappa shape index (κ3) is 4.30. The fourth-order valence-electron chi connectivity index (χ4n) is 1.14. The summed E-state index contributed by atoms with van der Waals surface area (Å²) in [6.45, 7) is 4.34. The molecule has 0 saturated carbocycles. The van der Waals surface area contributed by atoms with Gasteiger partial charge < -0.3 is 5.32 Å². The van der Waals surface area contributed by atoms with Crippen LogP contribution < -0.4 is 5.32 Å². The second kappa shape index (κ2) is 5.71. The van der Waals surface area contributed by atoms with E-state index in [0.717, 1.165) is 12.1 Å². The number of carbonyl (C=O) groups is 1. The quantitative estimate of drug-likeness (QED) is 0.800. The minimum absolute atomic E-state index is 0.0794. The van der Waals surface area contributed by atoms with Gasteiger partial charge >= 0.3 is 0 Å². The number of amides is 1. The number of carbonyl (C=O) groups excluding carboxylic acids is 1. The fourth-order valence-corrected chi connectivity index (χ4v) is 1.25. The third-order valence-electron chi connectivity index (χ3n) is 1.95. The molecule has 1 aromatic heterocycles. The first kappa shape index (κ1) is 12.0. The van der Waals surface area contributed by atoms with Crippen LogP contribution >= 0.6 is 11.6 Å². The van der Waals surface area contributed by atoms with Crippen molar-refractivity contribution in [1.29, 1.82) is 0 Å². The van der Waals surface area contributed by atoms with Crippen molar-refractivity contribution in [2.24, 2.45) is 0 Å². The Kier molecular flexibility index (Phi) is 4.56. The van der Waals surface area contributed by atoms with Gasteiger partial charge in [0.15, 0.2) is 0 Å². The fraction of sp³-hybridized carbons (Fsp3) is 0.455. The highest BCUT2D eigenvalue weighted by atomic mass is 35.5. The lowest BCUT2D eigenvalue weighted by Crippen LogP contribution is -2.26. The number of aromatic nitrogens is 1. The molecule has 4 heteroatoms. The highest BCUT2D eigenvalue weighted by Gasteiger charge is 2.06. The van der Waals surface area contributed by atoms with E-state index in [1.54, 1.807) is 6.07 Å². The zero-order valence-electron chi connectivity index (χ0n) is 8.96. The van der Waals surface area contributed by atoms with Crippen LogP contribution in [0.4, 0.5) is 0 Å². The van der Waals surface area contributed by atoms with E-state index in [1.165, 1.54) is 0 Å². The third-order valence-corrected chi connectivity index (χ3v) is 2.17. The van der Waals surface area contributed by atoms with Gasteiger partial charge in [0.2, 0.25) is 0 Å². The smallest absolute Gasteiger partial charge is 0.269 e. The lowest BCUT2D eigenvalue weighted by atomic mass is 10.3. The van der Waals surface area contributed by atoms with Crippen LogP contribution in [0, 0.1) is 6.92 Å². The van der Waals surface area contributed by atoms with Gasteiger partial charge in [-0.15, -0.1) is 11.6 Å². The molecule has 0 fully saturated rings. The molecule has 0 aliphatic carbocycles. The Labute approximate surface area is 94.9 Å². The normalized spacial score (nSPS) is 12.2. The molecule has 0 spiro atoms. The summed E-state index contributed by atoms with van der Waals surface area (Å²) in [5.74, 6) is -0.143. The summed E-state index contributed by atoms with van der Waals surface area (Å²) in [7, 11) is 0. The molecular weight excluding hydrogens is 212 g/mol. The monoisotopic (exact) mass is 226 g/mol. The predicted octanol–water partition coefficient (Wildman–Crippen LogP) is 2.14. The van der Waals surface area contributed by atoms with Crippen molar-refractivity contribution in [3.63, 3.8) is 0 Å². The molecule has 82 valence electrons. The SMILES string of the molecule is Cc1cccc(C(=O)NCCC(C)Cl)n1. The van der Waals surface area contributed by atoms with Gasteiger partial charge in [0, 0.05) is 17.6 Å². The van der Waals surface area contributed by atoms with Crippen molar-refractivity contribution in [2.75, 3.05) is 6.54 Å². The van der Waals surface area contributed by atoms with Crippen molar-refractivity contribution in [1.82, 2.24) is 10.3 Å². The van der Waals surface area contributed by atoms with Crippen LogP contribution in [0.5, 0.6) is 0 Å². The highest BCUT2D eigenvalue weighted by Crippen LogP contribution is 2.00. The lowest BCUT2D eigenvalue weighted by Gasteiger charge is -2.05. The Bertz CT molecular complexity index is 339. The number of alkyl halides is 1. The number of nitrogens with zero attached hydrogens (tertiary/aromatic N) is 1. The van der Waals surface area contributed by atoms with Crippen LogP contribution in [0.25, 0.3) is 0 Å². The largest absolute Gasteiger partial charge is 0.351 e. The Balaban J connectivity index is 2.47. The first-order valence-electron chi connectivity index (χ1n) is 4.95. The van der Waals surface area contributed by atoms with Gasteiger partial charge in [0.25, 0.3) is 5.91 Å². The first-order chi connectivity index (χ1) is 7.09. The molecule has 1 aromatic rings. The number of rotatable bonds is 4. The van der Waals surface area contributed by atoms with E-state index in [9.17, 15) is 4.79 Å². The number of nitrogens with one attached hydrogen (secondary N) is 1. The van der Waals surface area contributed by atoms with Crippen LogP contribution in [0.3, 0.4) is 0 Å². The van der Waals surface area contributed by atoms with Crippen LogP contribution in [0.2, 0.25) is 0 Å². The van der Waals surface area contributed by atoms with E-state index in [2.05, 4.69) is 10.3 Å². The van der Waals surface area contributed by atoms with E-state index in [0.29, 0.717) is 12.2 Å². The van der Waals surface area contributed by atoms with Crippen molar-refractivity contribution < 1.29 is 4.79 Å². The van der Waals surface area contributed by atoms with Crippen LogP contribution in [-0.2, 0) is 0 Å². The molecule has 3 nitrogen and oxygen atoms in total. The van der Waals surface area contributed by atoms with Crippen molar-refractivity contribution in [2.45, 2.75) is 25.6 Å². The molecule has 1 unspecified atom stereocenters. The van der Waals surface area contributed by atoms with E-state index in [1.807, 2.05) is 26.0 Å². The van der Waals surface area contributed by atoms with Gasteiger partial charge in [-0.2, -0.15) is 0 Å². The second-order valence-corrected chi connectivity index (χ2v) is 4.23. The summed E-state index contributed by atoms with van der Waals surface area (Å²) in [6.07, 6.45) is 0.763. The Morgan fingerprint density at radius 3 is 2.93 bits per heavy atom. The molecule has 1 amide bonds. The van der Waals surface area contributed by atoms with Gasteiger partial charge in [-0.25, -0.2) is 4.98 Å². The number of aryl methyl sites for hydroxylation is 1. The maximum atomic E-state index is 11.6. The van der Waals surface area contributed by atoms with E-state index < -0.39 is 0 Å². The predicted molar refractivity (Wildman–Crippen MR) is 61.2 cm³/mol. The molecule has 1 atom stereocenters. The summed E-state index contributed by atoms with van der Waals surface area (Å²) < 4.78 is 0. The van der Waals surface area contributed by atoms with Crippen LogP contribution in [-0.4, -0.2) is 22.8 Å². The topological polar surface area (TPSA) is 42.0 Å². The van der Waals surface area contributed by atoms with Crippen molar-refractivity contribution in [3.05, 3.63) is 29.6 Å². The highest BCUT2D eigenvalue weighted by molar-refractivity contribution is 6.20. The van der Waals surface area contributed by atoms with Gasteiger partial charge in [0.05, 0.1) is 0 Å². The molecule has 15 heavy (non-hydrogen) atoms. The average Bonchev–Trinajstić information content (AvgIpc) is 2.17. The number of hydrogen-bond acceptors (Lipinski definition) is 2. The molecule has 0 saturated heterocycles. The Morgan fingerprint density at radius 2 is 2.33 bits per heavy atom. The molecule has 0 bridgehead atoms. The van der Waals surface area contributed by atoms with Gasteiger partial charge in [-0.05, 0) is 32.4 Å². The maximum Gasteiger partial charge on any atom is 0.269 e. The second-order valence-electron chi connectivity index (χ2n) is 3.49. The molecular formula is C11H15ClN2O. The van der Waals surface area contributed by atoms with Crippen LogP contribution in [0.1, 0.15) is 29.5 Å². The standard InChI is InChI=1S/C11H15ClN2O/c1-8(12)6-7-13-11(15)10-5-3-4-9(2)14-10/h3-5,8H,6-7H2,1-2H3,(H,13,15). The minimum Gasteiger partial charge on any atom is -0.351 e. The van der Waals surface area contributed by atoms with Crippen molar-refractivity contribution in [3.8, 4) is 0 Å². The molecule has 1 heterocycles. The lowest BCUT2D eigenvalue weighted by molar-refractivity contribution is 0.0948. The molecule has 0 aliphatic heterocycles. The summed E-state index contributed by atoms with van der Waals surface area (Å²) >= 11 is 5.77. The summed E-state index contributed by atoms with van der Waals surface area (Å²) in [4.78, 5) is 15.7. The number of halogens is 1. The number of hydrogen-bond donors (Lipinski definition) is 1. The van der Waals surface area contributed by atoms with Gasteiger partial charge in [-0.3, -0.25) is 4.79 Å². The molecule has 0 aliphatic rings. The Morgan fingerprint density at radius 1 is 1.60 bits per heavy atom. The van der Waals surface area contributed by atoms with E-state index in [-0.39, 0.29) is 11.3 Å².